The van der Waals surface area contributed by atoms with E-state index in [0.717, 1.165) is 5.56 Å². The van der Waals surface area contributed by atoms with Gasteiger partial charge in [0.05, 0.1) is 20.3 Å². The third-order valence-corrected chi connectivity index (χ3v) is 4.64. The van der Waals surface area contributed by atoms with Crippen LogP contribution < -0.4 is 9.47 Å². The second kappa shape index (κ2) is 8.55. The van der Waals surface area contributed by atoms with Gasteiger partial charge in [0.15, 0.2) is 11.5 Å². The molecule has 0 saturated carbocycles. The minimum absolute atomic E-state index is 0.0318. The molecular weight excluding hydrogens is 322 g/mol. The maximum Gasteiger partial charge on any atom is 0.246 e. The fourth-order valence-electron chi connectivity index (χ4n) is 2.22. The molecule has 128 valence electrons. The van der Waals surface area contributed by atoms with Gasteiger partial charge in [0.2, 0.25) is 5.91 Å². The predicted molar refractivity (Wildman–Crippen MR) is 98.7 cm³/mol. The van der Waals surface area contributed by atoms with Crippen LogP contribution in [0.1, 0.15) is 22.9 Å². The summed E-state index contributed by atoms with van der Waals surface area (Å²) in [4.78, 5) is 15.2. The number of rotatable bonds is 7. The van der Waals surface area contributed by atoms with Crippen molar-refractivity contribution in [1.82, 2.24) is 4.90 Å². The Morgan fingerprint density at radius 3 is 2.71 bits per heavy atom. The first-order chi connectivity index (χ1) is 11.5. The van der Waals surface area contributed by atoms with Crippen molar-refractivity contribution in [2.75, 3.05) is 20.8 Å². The molecule has 24 heavy (non-hydrogen) atoms. The number of nitrogens with zero attached hydrogens (tertiary/aromatic N) is 1. The Bertz CT molecular complexity index is 721. The van der Waals surface area contributed by atoms with Crippen LogP contribution >= 0.6 is 11.3 Å². The van der Waals surface area contributed by atoms with Crippen molar-refractivity contribution < 1.29 is 14.3 Å². The number of amides is 1. The summed E-state index contributed by atoms with van der Waals surface area (Å²) in [7, 11) is 3.41. The van der Waals surface area contributed by atoms with Crippen molar-refractivity contribution >= 4 is 23.3 Å². The molecular formula is C19H23NO3S. The van der Waals surface area contributed by atoms with Gasteiger partial charge in [0.1, 0.15) is 0 Å². The Morgan fingerprint density at radius 1 is 1.29 bits per heavy atom. The van der Waals surface area contributed by atoms with Crippen LogP contribution in [-0.4, -0.2) is 31.6 Å². The number of hydrogen-bond donors (Lipinski definition) is 0. The summed E-state index contributed by atoms with van der Waals surface area (Å²) in [6.07, 6.45) is 3.37. The lowest BCUT2D eigenvalue weighted by atomic mass is 10.2. The van der Waals surface area contributed by atoms with Gasteiger partial charge in [-0.2, -0.15) is 0 Å². The summed E-state index contributed by atoms with van der Waals surface area (Å²) in [6, 6.07) is 7.68. The van der Waals surface area contributed by atoms with Gasteiger partial charge in [-0.05, 0) is 54.6 Å². The second-order valence-corrected chi connectivity index (χ2v) is 6.40. The van der Waals surface area contributed by atoms with Gasteiger partial charge >= 0.3 is 0 Å². The van der Waals surface area contributed by atoms with Crippen molar-refractivity contribution in [1.29, 1.82) is 0 Å². The lowest BCUT2D eigenvalue weighted by Gasteiger charge is -2.14. The fraction of sp³-hybridized carbons (Fsp3) is 0.316. The Kier molecular flexibility index (Phi) is 6.44. The minimum Gasteiger partial charge on any atom is -0.493 e. The number of hydrogen-bond acceptors (Lipinski definition) is 4. The molecule has 1 aromatic carbocycles. The van der Waals surface area contributed by atoms with Crippen LogP contribution in [-0.2, 0) is 11.3 Å². The zero-order valence-electron chi connectivity index (χ0n) is 14.5. The van der Waals surface area contributed by atoms with Gasteiger partial charge in [-0.1, -0.05) is 6.07 Å². The van der Waals surface area contributed by atoms with E-state index in [4.69, 9.17) is 9.47 Å². The van der Waals surface area contributed by atoms with Gasteiger partial charge < -0.3 is 14.4 Å². The Morgan fingerprint density at radius 2 is 2.08 bits per heavy atom. The summed E-state index contributed by atoms with van der Waals surface area (Å²) >= 11 is 1.67. The summed E-state index contributed by atoms with van der Waals surface area (Å²) < 4.78 is 10.8. The third kappa shape index (κ3) is 4.61. The first kappa shape index (κ1) is 18.1. The van der Waals surface area contributed by atoms with Crippen LogP contribution in [0, 0.1) is 6.92 Å². The number of carbonyl (C=O) groups excluding carboxylic acids is 1. The molecule has 0 bridgehead atoms. The highest BCUT2D eigenvalue weighted by molar-refractivity contribution is 7.10. The molecule has 0 atom stereocenters. The number of carbonyl (C=O) groups is 1. The Hall–Kier alpha value is -2.27. The van der Waals surface area contributed by atoms with Crippen molar-refractivity contribution in [3.05, 3.63) is 51.7 Å². The van der Waals surface area contributed by atoms with E-state index in [1.807, 2.05) is 37.6 Å². The molecule has 0 unspecified atom stereocenters. The zero-order chi connectivity index (χ0) is 17.5. The molecule has 0 N–H and O–H groups in total. The van der Waals surface area contributed by atoms with Crippen LogP contribution in [0.25, 0.3) is 6.08 Å². The minimum atomic E-state index is -0.0318. The topological polar surface area (TPSA) is 38.8 Å². The van der Waals surface area contributed by atoms with E-state index < -0.39 is 0 Å². The van der Waals surface area contributed by atoms with Gasteiger partial charge in [-0.25, -0.2) is 0 Å². The molecule has 0 fully saturated rings. The number of methoxy groups -OCH3 is 1. The van der Waals surface area contributed by atoms with Gasteiger partial charge in [0.25, 0.3) is 0 Å². The van der Waals surface area contributed by atoms with E-state index in [1.54, 1.807) is 35.5 Å². The SMILES string of the molecule is CCOc1ccc(/C=C/C(=O)N(C)Cc2sccc2C)cc1OC. The summed E-state index contributed by atoms with van der Waals surface area (Å²) in [5.41, 5.74) is 2.12. The Balaban J connectivity index is 2.04. The van der Waals surface area contributed by atoms with Crippen LogP contribution in [0.5, 0.6) is 11.5 Å². The van der Waals surface area contributed by atoms with E-state index in [2.05, 4.69) is 13.0 Å². The highest BCUT2D eigenvalue weighted by Gasteiger charge is 2.09. The maximum atomic E-state index is 12.3. The molecule has 0 aliphatic rings. The average molecular weight is 345 g/mol. The van der Waals surface area contributed by atoms with E-state index in [0.29, 0.717) is 24.7 Å². The normalized spacial score (nSPS) is 10.8. The molecule has 5 heteroatoms. The van der Waals surface area contributed by atoms with E-state index >= 15 is 0 Å². The van der Waals surface area contributed by atoms with Crippen LogP contribution in [0.2, 0.25) is 0 Å². The average Bonchev–Trinajstić information content (AvgIpc) is 2.98. The van der Waals surface area contributed by atoms with Crippen LogP contribution in [0.3, 0.4) is 0 Å². The van der Waals surface area contributed by atoms with E-state index in [1.165, 1.54) is 10.4 Å². The lowest BCUT2D eigenvalue weighted by Crippen LogP contribution is -2.23. The summed E-state index contributed by atoms with van der Waals surface area (Å²) in [6.45, 7) is 5.19. The first-order valence-corrected chi connectivity index (χ1v) is 8.70. The standard InChI is InChI=1S/C19H23NO3S/c1-5-23-16-8-6-15(12-17(16)22-4)7-9-19(21)20(3)13-18-14(2)10-11-24-18/h6-12H,5,13H2,1-4H3/b9-7+. The number of thiophene rings is 1. The number of ether oxygens (including phenoxy) is 2. The number of likely N-dealkylation sites (N-methyl/N-ethyl adjacent to an activating group) is 1. The van der Waals surface area contributed by atoms with Gasteiger partial charge in [0, 0.05) is 18.0 Å². The Labute approximate surface area is 147 Å². The largest absolute Gasteiger partial charge is 0.493 e. The molecule has 1 amide bonds. The smallest absolute Gasteiger partial charge is 0.246 e. The highest BCUT2D eigenvalue weighted by Crippen LogP contribution is 2.28. The maximum absolute atomic E-state index is 12.3. The molecule has 1 aromatic heterocycles. The fourth-order valence-corrected chi connectivity index (χ4v) is 3.18. The van der Waals surface area contributed by atoms with Crippen LogP contribution in [0.15, 0.2) is 35.7 Å². The van der Waals surface area contributed by atoms with Crippen molar-refractivity contribution in [2.45, 2.75) is 20.4 Å². The van der Waals surface area contributed by atoms with Gasteiger partial charge in [-0.15, -0.1) is 11.3 Å². The van der Waals surface area contributed by atoms with Gasteiger partial charge in [-0.3, -0.25) is 4.79 Å². The highest BCUT2D eigenvalue weighted by atomic mass is 32.1. The molecule has 2 aromatic rings. The molecule has 0 radical (unpaired) electrons. The quantitative estimate of drug-likeness (QED) is 0.708. The molecule has 0 aliphatic heterocycles. The summed E-state index contributed by atoms with van der Waals surface area (Å²) in [5.74, 6) is 1.33. The molecule has 0 spiro atoms. The number of aryl methyl sites for hydroxylation is 1. The monoisotopic (exact) mass is 345 g/mol. The lowest BCUT2D eigenvalue weighted by molar-refractivity contribution is -0.125. The molecule has 1 heterocycles. The third-order valence-electron chi connectivity index (χ3n) is 3.63. The second-order valence-electron chi connectivity index (χ2n) is 5.40. The van der Waals surface area contributed by atoms with E-state index in [-0.39, 0.29) is 5.91 Å². The first-order valence-electron chi connectivity index (χ1n) is 7.82. The molecule has 0 saturated heterocycles. The van der Waals surface area contributed by atoms with Crippen molar-refractivity contribution in [2.24, 2.45) is 0 Å². The van der Waals surface area contributed by atoms with Crippen molar-refractivity contribution in [3.63, 3.8) is 0 Å². The van der Waals surface area contributed by atoms with Crippen molar-refractivity contribution in [3.8, 4) is 11.5 Å². The predicted octanol–water partition coefficient (Wildman–Crippen LogP) is 4.14. The van der Waals surface area contributed by atoms with Crippen LogP contribution in [0.4, 0.5) is 0 Å². The number of benzene rings is 1. The zero-order valence-corrected chi connectivity index (χ0v) is 15.4. The molecule has 0 aliphatic carbocycles. The molecule has 2 rings (SSSR count). The van der Waals surface area contributed by atoms with E-state index in [9.17, 15) is 4.79 Å². The molecule has 4 nitrogen and oxygen atoms in total. The summed E-state index contributed by atoms with van der Waals surface area (Å²) in [5, 5.41) is 2.05.